The second-order valence-corrected chi connectivity index (χ2v) is 8.00. The number of hydrogen-bond donors (Lipinski definition) is 0. The van der Waals surface area contributed by atoms with Crippen LogP contribution >= 0.6 is 0 Å². The molecule has 1 aliphatic heterocycles. The quantitative estimate of drug-likeness (QED) is 0.795. The summed E-state index contributed by atoms with van der Waals surface area (Å²) in [7, 11) is -3.71. The molecule has 0 unspecified atom stereocenters. The van der Waals surface area contributed by atoms with Gasteiger partial charge in [-0.2, -0.15) is 4.31 Å². The molecule has 0 aromatic carbocycles. The second-order valence-electron chi connectivity index (χ2n) is 6.13. The van der Waals surface area contributed by atoms with Crippen LogP contribution in [0.5, 0.6) is 0 Å². The molecule has 1 aliphatic rings. The Labute approximate surface area is 125 Å². The van der Waals surface area contributed by atoms with Gasteiger partial charge in [-0.25, -0.2) is 8.42 Å². The van der Waals surface area contributed by atoms with Crippen LogP contribution in [0, 0.1) is 12.3 Å². The molecule has 1 aromatic rings. The van der Waals surface area contributed by atoms with E-state index in [0.717, 1.165) is 0 Å². The fourth-order valence-electron chi connectivity index (χ4n) is 2.13. The van der Waals surface area contributed by atoms with Gasteiger partial charge in [-0.3, -0.25) is 4.79 Å². The number of carbonyl (C=O) groups excluding carboxylic acids is 1. The Morgan fingerprint density at radius 2 is 1.81 bits per heavy atom. The Hall–Kier alpha value is -1.18. The normalized spacial score (nSPS) is 17.9. The highest BCUT2D eigenvalue weighted by atomic mass is 32.2. The van der Waals surface area contributed by atoms with Crippen molar-refractivity contribution in [2.75, 3.05) is 26.3 Å². The number of Topliss-reactive ketones (excluding diaryl/α,β-unsaturated/α-hetero) is 1. The average molecular weight is 315 g/mol. The maximum Gasteiger partial charge on any atom is 0.276 e. The summed E-state index contributed by atoms with van der Waals surface area (Å²) < 4.78 is 36.8. The van der Waals surface area contributed by atoms with Gasteiger partial charge in [0.1, 0.15) is 5.76 Å². The van der Waals surface area contributed by atoms with Gasteiger partial charge in [-0.1, -0.05) is 20.8 Å². The molecule has 1 aromatic heterocycles. The molecule has 0 atom stereocenters. The van der Waals surface area contributed by atoms with E-state index in [1.807, 2.05) is 0 Å². The number of hydrogen-bond acceptors (Lipinski definition) is 5. The van der Waals surface area contributed by atoms with Gasteiger partial charge < -0.3 is 9.15 Å². The van der Waals surface area contributed by atoms with Crippen LogP contribution in [0.15, 0.2) is 15.6 Å². The third-order valence-electron chi connectivity index (χ3n) is 3.39. The van der Waals surface area contributed by atoms with Crippen LogP contribution in [0.4, 0.5) is 0 Å². The lowest BCUT2D eigenvalue weighted by molar-refractivity contribution is 0.0724. The highest BCUT2D eigenvalue weighted by Crippen LogP contribution is 2.28. The number of ketones is 1. The molecule has 1 fully saturated rings. The fourth-order valence-corrected chi connectivity index (χ4v) is 3.51. The summed E-state index contributed by atoms with van der Waals surface area (Å²) in [6.45, 7) is 8.31. The van der Waals surface area contributed by atoms with Crippen molar-refractivity contribution in [1.82, 2.24) is 4.31 Å². The zero-order valence-corrected chi connectivity index (χ0v) is 13.6. The standard InChI is InChI=1S/C14H21NO5S/c1-10-11(13(16)14(2,3)4)9-12(20-10)21(17,18)15-5-7-19-8-6-15/h9H,5-8H2,1-4H3. The summed E-state index contributed by atoms with van der Waals surface area (Å²) in [6.07, 6.45) is 0. The van der Waals surface area contributed by atoms with E-state index >= 15 is 0 Å². The number of rotatable bonds is 3. The summed E-state index contributed by atoms with van der Waals surface area (Å²) in [4.78, 5) is 12.3. The van der Waals surface area contributed by atoms with Crippen molar-refractivity contribution in [3.63, 3.8) is 0 Å². The van der Waals surface area contributed by atoms with E-state index in [9.17, 15) is 13.2 Å². The number of morpholine rings is 1. The van der Waals surface area contributed by atoms with Crippen LogP contribution < -0.4 is 0 Å². The first-order valence-corrected chi connectivity index (χ1v) is 8.31. The number of carbonyl (C=O) groups is 1. The molecule has 0 radical (unpaired) electrons. The van der Waals surface area contributed by atoms with E-state index in [2.05, 4.69) is 0 Å². The molecule has 2 heterocycles. The van der Waals surface area contributed by atoms with Crippen molar-refractivity contribution in [2.24, 2.45) is 5.41 Å². The van der Waals surface area contributed by atoms with E-state index in [-0.39, 0.29) is 10.9 Å². The zero-order valence-electron chi connectivity index (χ0n) is 12.8. The van der Waals surface area contributed by atoms with Gasteiger partial charge in [0.05, 0.1) is 18.8 Å². The van der Waals surface area contributed by atoms with Gasteiger partial charge in [0.25, 0.3) is 10.0 Å². The molecule has 118 valence electrons. The molecule has 0 N–H and O–H groups in total. The van der Waals surface area contributed by atoms with E-state index in [0.29, 0.717) is 37.6 Å². The van der Waals surface area contributed by atoms with E-state index in [4.69, 9.17) is 9.15 Å². The van der Waals surface area contributed by atoms with Crippen molar-refractivity contribution in [3.8, 4) is 0 Å². The van der Waals surface area contributed by atoms with Gasteiger partial charge in [0.15, 0.2) is 5.78 Å². The number of sulfonamides is 1. The Morgan fingerprint density at radius 1 is 1.24 bits per heavy atom. The highest BCUT2D eigenvalue weighted by molar-refractivity contribution is 7.89. The molecule has 2 rings (SSSR count). The summed E-state index contributed by atoms with van der Waals surface area (Å²) in [5.41, 5.74) is -0.261. The third-order valence-corrected chi connectivity index (χ3v) is 5.14. The number of ether oxygens (including phenoxy) is 1. The first kappa shape index (κ1) is 16.2. The lowest BCUT2D eigenvalue weighted by Gasteiger charge is -2.24. The predicted octanol–water partition coefficient (Wildman–Crippen LogP) is 1.84. The van der Waals surface area contributed by atoms with Crippen molar-refractivity contribution < 1.29 is 22.4 Å². The summed E-state index contributed by atoms with van der Waals surface area (Å²) in [5.74, 6) is 0.203. The molecule has 0 saturated carbocycles. The lowest BCUT2D eigenvalue weighted by Crippen LogP contribution is -2.40. The Kier molecular flexibility index (Phi) is 4.28. The van der Waals surface area contributed by atoms with Crippen LogP contribution in [0.3, 0.4) is 0 Å². The minimum Gasteiger partial charge on any atom is -0.448 e. The number of aryl methyl sites for hydroxylation is 1. The molecule has 0 amide bonds. The van der Waals surface area contributed by atoms with Crippen molar-refractivity contribution in [2.45, 2.75) is 32.8 Å². The molecule has 7 heteroatoms. The fraction of sp³-hybridized carbons (Fsp3) is 0.643. The lowest BCUT2D eigenvalue weighted by atomic mass is 9.87. The molecular formula is C14H21NO5S. The van der Waals surface area contributed by atoms with Gasteiger partial charge in [0, 0.05) is 24.6 Å². The molecule has 1 saturated heterocycles. The summed E-state index contributed by atoms with van der Waals surface area (Å²) in [5, 5.41) is -0.172. The first-order chi connectivity index (χ1) is 9.64. The second kappa shape index (κ2) is 5.55. The van der Waals surface area contributed by atoms with Gasteiger partial charge in [-0.05, 0) is 6.92 Å². The monoisotopic (exact) mass is 315 g/mol. The predicted molar refractivity (Wildman–Crippen MR) is 76.8 cm³/mol. The summed E-state index contributed by atoms with van der Waals surface area (Å²) >= 11 is 0. The number of furan rings is 1. The Morgan fingerprint density at radius 3 is 2.33 bits per heavy atom. The topological polar surface area (TPSA) is 76.8 Å². The van der Waals surface area contributed by atoms with E-state index < -0.39 is 15.4 Å². The maximum atomic E-state index is 12.5. The van der Waals surface area contributed by atoms with Gasteiger partial charge in [0.2, 0.25) is 5.09 Å². The van der Waals surface area contributed by atoms with Crippen LogP contribution in [0.25, 0.3) is 0 Å². The summed E-state index contributed by atoms with van der Waals surface area (Å²) in [6, 6.07) is 1.34. The van der Waals surface area contributed by atoms with Crippen molar-refractivity contribution >= 4 is 15.8 Å². The molecule has 0 spiro atoms. The van der Waals surface area contributed by atoms with Crippen LogP contribution in [-0.4, -0.2) is 44.8 Å². The molecular weight excluding hydrogens is 294 g/mol. The largest absolute Gasteiger partial charge is 0.448 e. The van der Waals surface area contributed by atoms with Crippen LogP contribution in [0.2, 0.25) is 0 Å². The average Bonchev–Trinajstić information content (AvgIpc) is 2.80. The van der Waals surface area contributed by atoms with Gasteiger partial charge in [-0.15, -0.1) is 0 Å². The smallest absolute Gasteiger partial charge is 0.276 e. The Bertz CT molecular complexity index is 633. The van der Waals surface area contributed by atoms with Crippen LogP contribution in [-0.2, 0) is 14.8 Å². The minimum absolute atomic E-state index is 0.132. The minimum atomic E-state index is -3.71. The van der Waals surface area contributed by atoms with Gasteiger partial charge >= 0.3 is 0 Å². The van der Waals surface area contributed by atoms with Crippen LogP contribution in [0.1, 0.15) is 36.9 Å². The maximum absolute atomic E-state index is 12.5. The first-order valence-electron chi connectivity index (χ1n) is 6.87. The number of nitrogens with zero attached hydrogens (tertiary/aromatic N) is 1. The highest BCUT2D eigenvalue weighted by Gasteiger charge is 2.33. The SMILES string of the molecule is Cc1oc(S(=O)(=O)N2CCOCC2)cc1C(=O)C(C)(C)C. The molecule has 0 bridgehead atoms. The molecule has 21 heavy (non-hydrogen) atoms. The van der Waals surface area contributed by atoms with E-state index in [1.54, 1.807) is 27.7 Å². The zero-order chi connectivity index (χ0) is 15.8. The van der Waals surface area contributed by atoms with E-state index in [1.165, 1.54) is 10.4 Å². The molecule has 6 nitrogen and oxygen atoms in total. The van der Waals surface area contributed by atoms with Crippen molar-refractivity contribution in [3.05, 3.63) is 17.4 Å². The molecule has 0 aliphatic carbocycles. The van der Waals surface area contributed by atoms with Crippen molar-refractivity contribution in [1.29, 1.82) is 0 Å². The Balaban J connectivity index is 2.36. The third kappa shape index (κ3) is 3.20.